The van der Waals surface area contributed by atoms with Gasteiger partial charge in [-0.2, -0.15) is 0 Å². The van der Waals surface area contributed by atoms with E-state index in [0.29, 0.717) is 23.7 Å². The van der Waals surface area contributed by atoms with Crippen molar-refractivity contribution in [3.63, 3.8) is 0 Å². The molecule has 1 aromatic rings. The Kier molecular flexibility index (Phi) is 4.22. The zero-order valence-electron chi connectivity index (χ0n) is 12.3. The van der Waals surface area contributed by atoms with Gasteiger partial charge in [-0.25, -0.2) is 4.39 Å². The number of ether oxygens (including phenoxy) is 1. The second kappa shape index (κ2) is 6.12. The number of carbonyl (C=O) groups excluding carboxylic acids is 1. The van der Waals surface area contributed by atoms with Gasteiger partial charge < -0.3 is 10.1 Å². The third-order valence-corrected chi connectivity index (χ3v) is 4.39. The molecule has 1 N–H and O–H groups in total. The van der Waals surface area contributed by atoms with Crippen molar-refractivity contribution in [1.82, 2.24) is 10.2 Å². The number of rotatable bonds is 3. The average molecular weight is 292 g/mol. The topological polar surface area (TPSA) is 41.6 Å². The van der Waals surface area contributed by atoms with E-state index in [1.807, 2.05) is 0 Å². The van der Waals surface area contributed by atoms with Gasteiger partial charge in [0, 0.05) is 24.7 Å². The zero-order chi connectivity index (χ0) is 14.8. The Morgan fingerprint density at radius 3 is 3.19 bits per heavy atom. The lowest BCUT2D eigenvalue weighted by Crippen LogP contribution is -2.50. The van der Waals surface area contributed by atoms with E-state index in [9.17, 15) is 9.18 Å². The molecule has 5 heteroatoms. The summed E-state index contributed by atoms with van der Waals surface area (Å²) in [6.07, 6.45) is 2.47. The third kappa shape index (κ3) is 3.24. The fourth-order valence-corrected chi connectivity index (χ4v) is 3.05. The molecule has 2 saturated heterocycles. The van der Waals surface area contributed by atoms with Crippen molar-refractivity contribution in [3.8, 4) is 0 Å². The van der Waals surface area contributed by atoms with Crippen molar-refractivity contribution in [2.45, 2.75) is 31.9 Å². The van der Waals surface area contributed by atoms with Crippen molar-refractivity contribution < 1.29 is 13.9 Å². The molecule has 0 saturated carbocycles. The molecule has 0 bridgehead atoms. The van der Waals surface area contributed by atoms with Crippen LogP contribution in [-0.2, 0) is 4.74 Å². The highest BCUT2D eigenvalue weighted by molar-refractivity contribution is 5.94. The van der Waals surface area contributed by atoms with Gasteiger partial charge in [0.15, 0.2) is 0 Å². The van der Waals surface area contributed by atoms with Gasteiger partial charge in [-0.1, -0.05) is 6.07 Å². The van der Waals surface area contributed by atoms with Gasteiger partial charge in [0.25, 0.3) is 5.91 Å². The number of nitrogens with one attached hydrogen (secondary N) is 1. The molecule has 21 heavy (non-hydrogen) atoms. The molecule has 0 spiro atoms. The van der Waals surface area contributed by atoms with Gasteiger partial charge in [-0.3, -0.25) is 9.69 Å². The number of fused-ring (bicyclic) bond motifs is 1. The second-order valence-corrected chi connectivity index (χ2v) is 5.92. The maximum atomic E-state index is 13.5. The Labute approximate surface area is 124 Å². The quantitative estimate of drug-likeness (QED) is 0.922. The standard InChI is InChI=1S/C16H21FN2O2/c1-11-4-5-12(7-15(11)17)16(20)18-8-14-9-19-6-2-3-13(19)10-21-14/h4-5,7,13-14H,2-3,6,8-10H2,1H3,(H,18,20)/t13-,14+/m0/s1. The Bertz CT molecular complexity index is 535. The third-order valence-electron chi connectivity index (χ3n) is 4.39. The smallest absolute Gasteiger partial charge is 0.251 e. The summed E-state index contributed by atoms with van der Waals surface area (Å²) >= 11 is 0. The monoisotopic (exact) mass is 292 g/mol. The van der Waals surface area contributed by atoms with Crippen LogP contribution in [0.4, 0.5) is 4.39 Å². The number of aryl methyl sites for hydroxylation is 1. The van der Waals surface area contributed by atoms with Crippen molar-refractivity contribution >= 4 is 5.91 Å². The number of halogens is 1. The van der Waals surface area contributed by atoms with Gasteiger partial charge in [-0.15, -0.1) is 0 Å². The first-order valence-electron chi connectivity index (χ1n) is 7.53. The molecule has 0 aliphatic carbocycles. The number of benzene rings is 1. The SMILES string of the molecule is Cc1ccc(C(=O)NC[C@@H]2CN3CCC[C@H]3CO2)cc1F. The molecule has 2 atom stereocenters. The normalized spacial score (nSPS) is 25.6. The first kappa shape index (κ1) is 14.5. The van der Waals surface area contributed by atoms with Crippen molar-refractivity contribution in [1.29, 1.82) is 0 Å². The van der Waals surface area contributed by atoms with Gasteiger partial charge in [0.1, 0.15) is 5.82 Å². The Morgan fingerprint density at radius 1 is 1.52 bits per heavy atom. The van der Waals surface area contributed by atoms with E-state index in [0.717, 1.165) is 19.7 Å². The van der Waals surface area contributed by atoms with Crippen LogP contribution >= 0.6 is 0 Å². The van der Waals surface area contributed by atoms with Crippen LogP contribution in [0.5, 0.6) is 0 Å². The number of hydrogen-bond acceptors (Lipinski definition) is 3. The molecule has 2 fully saturated rings. The van der Waals surface area contributed by atoms with Crippen LogP contribution < -0.4 is 5.32 Å². The zero-order valence-corrected chi connectivity index (χ0v) is 12.3. The number of carbonyl (C=O) groups is 1. The van der Waals surface area contributed by atoms with E-state index in [4.69, 9.17) is 4.74 Å². The van der Waals surface area contributed by atoms with Crippen LogP contribution in [0.2, 0.25) is 0 Å². The van der Waals surface area contributed by atoms with Crippen molar-refractivity contribution in [3.05, 3.63) is 35.1 Å². The predicted octanol–water partition coefficient (Wildman–Crippen LogP) is 1.73. The van der Waals surface area contributed by atoms with Gasteiger partial charge >= 0.3 is 0 Å². The molecule has 2 aliphatic rings. The van der Waals surface area contributed by atoms with Crippen LogP contribution in [0.1, 0.15) is 28.8 Å². The maximum absolute atomic E-state index is 13.5. The second-order valence-electron chi connectivity index (χ2n) is 5.92. The Balaban J connectivity index is 1.52. The summed E-state index contributed by atoms with van der Waals surface area (Å²) in [7, 11) is 0. The van der Waals surface area contributed by atoms with E-state index >= 15 is 0 Å². The number of hydrogen-bond donors (Lipinski definition) is 1. The molecule has 0 aromatic heterocycles. The van der Waals surface area contributed by atoms with E-state index in [1.54, 1.807) is 19.1 Å². The van der Waals surface area contributed by atoms with Crippen LogP contribution in [0.25, 0.3) is 0 Å². The summed E-state index contributed by atoms with van der Waals surface area (Å²) in [6, 6.07) is 5.11. The lowest BCUT2D eigenvalue weighted by molar-refractivity contribution is -0.0461. The molecular weight excluding hydrogens is 271 g/mol. The molecule has 2 heterocycles. The fraction of sp³-hybridized carbons (Fsp3) is 0.562. The summed E-state index contributed by atoms with van der Waals surface area (Å²) in [5.41, 5.74) is 0.898. The summed E-state index contributed by atoms with van der Waals surface area (Å²) in [6.45, 7) is 4.89. The highest BCUT2D eigenvalue weighted by atomic mass is 19.1. The fourth-order valence-electron chi connectivity index (χ4n) is 3.05. The van der Waals surface area contributed by atoms with Crippen LogP contribution in [-0.4, -0.2) is 49.2 Å². The summed E-state index contributed by atoms with van der Waals surface area (Å²) < 4.78 is 19.3. The summed E-state index contributed by atoms with van der Waals surface area (Å²) in [5.74, 6) is -0.600. The molecule has 0 radical (unpaired) electrons. The largest absolute Gasteiger partial charge is 0.373 e. The number of amides is 1. The number of nitrogens with zero attached hydrogens (tertiary/aromatic N) is 1. The van der Waals surface area contributed by atoms with Crippen molar-refractivity contribution in [2.24, 2.45) is 0 Å². The lowest BCUT2D eigenvalue weighted by Gasteiger charge is -2.35. The molecular formula is C16H21FN2O2. The minimum absolute atomic E-state index is 0.0265. The molecule has 1 amide bonds. The molecule has 0 unspecified atom stereocenters. The Hall–Kier alpha value is -1.46. The predicted molar refractivity (Wildman–Crippen MR) is 77.8 cm³/mol. The molecule has 114 valence electrons. The average Bonchev–Trinajstić information content (AvgIpc) is 2.95. The Morgan fingerprint density at radius 2 is 2.38 bits per heavy atom. The van der Waals surface area contributed by atoms with Gasteiger partial charge in [-0.05, 0) is 44.0 Å². The van der Waals surface area contributed by atoms with E-state index in [2.05, 4.69) is 10.2 Å². The van der Waals surface area contributed by atoms with E-state index in [-0.39, 0.29) is 17.8 Å². The van der Waals surface area contributed by atoms with E-state index < -0.39 is 0 Å². The summed E-state index contributed by atoms with van der Waals surface area (Å²) in [5, 5.41) is 2.84. The highest BCUT2D eigenvalue weighted by Crippen LogP contribution is 2.22. The van der Waals surface area contributed by atoms with Gasteiger partial charge in [0.05, 0.1) is 12.7 Å². The number of morpholine rings is 1. The molecule has 1 aromatic carbocycles. The van der Waals surface area contributed by atoms with Gasteiger partial charge in [0.2, 0.25) is 0 Å². The first-order chi connectivity index (χ1) is 10.1. The van der Waals surface area contributed by atoms with Crippen LogP contribution in [0.15, 0.2) is 18.2 Å². The van der Waals surface area contributed by atoms with Crippen molar-refractivity contribution in [2.75, 3.05) is 26.2 Å². The molecule has 4 nitrogen and oxygen atoms in total. The van der Waals surface area contributed by atoms with Crippen LogP contribution in [0.3, 0.4) is 0 Å². The van der Waals surface area contributed by atoms with E-state index in [1.165, 1.54) is 18.9 Å². The molecule has 3 rings (SSSR count). The highest BCUT2D eigenvalue weighted by Gasteiger charge is 2.32. The maximum Gasteiger partial charge on any atom is 0.251 e. The summed E-state index contributed by atoms with van der Waals surface area (Å²) in [4.78, 5) is 14.5. The molecule has 2 aliphatic heterocycles. The minimum Gasteiger partial charge on any atom is -0.373 e. The van der Waals surface area contributed by atoms with Crippen LogP contribution in [0, 0.1) is 12.7 Å². The first-order valence-corrected chi connectivity index (χ1v) is 7.53. The lowest BCUT2D eigenvalue weighted by atomic mass is 10.1. The minimum atomic E-state index is -0.350.